The van der Waals surface area contributed by atoms with E-state index in [1.165, 1.54) is 49.3 Å². The third-order valence-corrected chi connectivity index (χ3v) is 8.71. The summed E-state index contributed by atoms with van der Waals surface area (Å²) in [4.78, 5) is 37.7. The molecule has 0 radical (unpaired) electrons. The zero-order valence-corrected chi connectivity index (χ0v) is 22.3. The van der Waals surface area contributed by atoms with Gasteiger partial charge in [0.25, 0.3) is 0 Å². The van der Waals surface area contributed by atoms with Crippen LogP contribution in [0, 0.1) is 36.5 Å². The fourth-order valence-electron chi connectivity index (χ4n) is 6.83. The van der Waals surface area contributed by atoms with E-state index in [9.17, 15) is 14.4 Å². The molecule has 34 heavy (non-hydrogen) atoms. The van der Waals surface area contributed by atoms with Crippen molar-refractivity contribution in [3.63, 3.8) is 0 Å². The minimum atomic E-state index is -0.0670. The first-order valence-electron chi connectivity index (χ1n) is 13.9. The molecule has 1 aromatic carbocycles. The summed E-state index contributed by atoms with van der Waals surface area (Å²) in [7, 11) is 0. The van der Waals surface area contributed by atoms with E-state index in [2.05, 4.69) is 39.8 Å². The van der Waals surface area contributed by atoms with Crippen molar-refractivity contribution >= 4 is 17.3 Å². The summed E-state index contributed by atoms with van der Waals surface area (Å²) < 4.78 is 0. The number of Topliss-reactive ketones (excluding diaryl/α,β-unsaturated/α-hetero) is 3. The number of fused-ring (bicyclic) bond motifs is 1. The molecule has 1 saturated carbocycles. The molecular weight excluding hydrogens is 420 g/mol. The number of hydrogen-bond donors (Lipinski definition) is 0. The molecule has 0 amide bonds. The van der Waals surface area contributed by atoms with Crippen LogP contribution in [0.15, 0.2) is 12.1 Å². The Morgan fingerprint density at radius 3 is 2.35 bits per heavy atom. The quantitative estimate of drug-likeness (QED) is 0.317. The van der Waals surface area contributed by atoms with E-state index in [0.29, 0.717) is 18.1 Å². The Morgan fingerprint density at radius 1 is 1.03 bits per heavy atom. The summed E-state index contributed by atoms with van der Waals surface area (Å²) in [6.45, 7) is 10.2. The van der Waals surface area contributed by atoms with Crippen LogP contribution in [0.1, 0.15) is 119 Å². The van der Waals surface area contributed by atoms with Gasteiger partial charge in [0, 0.05) is 17.9 Å². The lowest BCUT2D eigenvalue weighted by Gasteiger charge is -2.32. The number of rotatable bonds is 11. The van der Waals surface area contributed by atoms with Gasteiger partial charge in [0.15, 0.2) is 5.78 Å². The van der Waals surface area contributed by atoms with Crippen molar-refractivity contribution in [3.05, 3.63) is 34.4 Å². The SMILES string of the molecule is CCCC(CC1CC(=O)c2c(ccc(CC3CCC(C)CC3)c2C)C1)C(CC)C(=O)CC(C)=O. The fraction of sp³-hybridized carbons (Fsp3) is 0.710. The standard InChI is InChI=1S/C31H46O3/c1-6-8-26(28(7-2)29(33)15-21(4)32)17-24-18-27-14-13-25(22(5)31(27)30(34)19-24)16-23-11-9-20(3)10-12-23/h13-14,20,23-24,26,28H,6-12,15-19H2,1-5H3. The topological polar surface area (TPSA) is 51.2 Å². The lowest BCUT2D eigenvalue weighted by Crippen LogP contribution is -2.30. The normalized spacial score (nSPS) is 24.4. The van der Waals surface area contributed by atoms with E-state index < -0.39 is 0 Å². The zero-order chi connectivity index (χ0) is 24.8. The van der Waals surface area contributed by atoms with Crippen molar-refractivity contribution in [3.8, 4) is 0 Å². The van der Waals surface area contributed by atoms with Gasteiger partial charge in [-0.1, -0.05) is 58.6 Å². The van der Waals surface area contributed by atoms with Crippen molar-refractivity contribution in [1.29, 1.82) is 0 Å². The monoisotopic (exact) mass is 466 g/mol. The van der Waals surface area contributed by atoms with Crippen LogP contribution in [0.5, 0.6) is 0 Å². The van der Waals surface area contributed by atoms with Crippen LogP contribution in [0.3, 0.4) is 0 Å². The second kappa shape index (κ2) is 12.3. The van der Waals surface area contributed by atoms with Gasteiger partial charge >= 0.3 is 0 Å². The highest BCUT2D eigenvalue weighted by Gasteiger charge is 2.33. The zero-order valence-electron chi connectivity index (χ0n) is 22.3. The first-order chi connectivity index (χ1) is 16.2. The summed E-state index contributed by atoms with van der Waals surface area (Å²) in [6, 6.07) is 4.51. The predicted molar refractivity (Wildman–Crippen MR) is 139 cm³/mol. The van der Waals surface area contributed by atoms with Crippen molar-refractivity contribution in [2.45, 2.75) is 112 Å². The van der Waals surface area contributed by atoms with E-state index in [4.69, 9.17) is 0 Å². The average molecular weight is 467 g/mol. The summed E-state index contributed by atoms with van der Waals surface area (Å²) in [5.41, 5.74) is 4.78. The maximum atomic E-state index is 13.4. The first kappa shape index (κ1) is 26.8. The Bertz CT molecular complexity index is 875. The smallest absolute Gasteiger partial charge is 0.163 e. The molecule has 1 aromatic rings. The van der Waals surface area contributed by atoms with Gasteiger partial charge in [-0.2, -0.15) is 0 Å². The van der Waals surface area contributed by atoms with E-state index in [1.807, 2.05) is 0 Å². The van der Waals surface area contributed by atoms with E-state index in [1.54, 1.807) is 0 Å². The molecule has 0 bridgehead atoms. The molecule has 0 N–H and O–H groups in total. The third-order valence-electron chi connectivity index (χ3n) is 8.71. The number of hydrogen-bond acceptors (Lipinski definition) is 3. The van der Waals surface area contributed by atoms with Crippen LogP contribution in [0.4, 0.5) is 0 Å². The van der Waals surface area contributed by atoms with Gasteiger partial charge in [-0.25, -0.2) is 0 Å². The highest BCUT2D eigenvalue weighted by molar-refractivity contribution is 6.00. The van der Waals surface area contributed by atoms with Crippen LogP contribution < -0.4 is 0 Å². The van der Waals surface area contributed by atoms with Crippen LogP contribution in [0.25, 0.3) is 0 Å². The molecule has 3 atom stereocenters. The van der Waals surface area contributed by atoms with Crippen LogP contribution in [-0.4, -0.2) is 17.3 Å². The minimum Gasteiger partial charge on any atom is -0.300 e. The number of ketones is 3. The summed E-state index contributed by atoms with van der Waals surface area (Å²) in [5.74, 6) is 2.44. The van der Waals surface area contributed by atoms with Gasteiger partial charge in [0.05, 0.1) is 6.42 Å². The molecular formula is C31H46O3. The molecule has 0 saturated heterocycles. The molecule has 3 unspecified atom stereocenters. The molecule has 2 aliphatic carbocycles. The van der Waals surface area contributed by atoms with Crippen LogP contribution in [0.2, 0.25) is 0 Å². The van der Waals surface area contributed by atoms with Crippen molar-refractivity contribution in [2.75, 3.05) is 0 Å². The molecule has 0 aliphatic heterocycles. The Morgan fingerprint density at radius 2 is 1.74 bits per heavy atom. The highest BCUT2D eigenvalue weighted by Crippen LogP contribution is 2.38. The molecule has 0 spiro atoms. The lowest BCUT2D eigenvalue weighted by molar-refractivity contribution is -0.129. The van der Waals surface area contributed by atoms with Gasteiger partial charge in [0.2, 0.25) is 0 Å². The van der Waals surface area contributed by atoms with Gasteiger partial charge < -0.3 is 0 Å². The maximum absolute atomic E-state index is 13.4. The average Bonchev–Trinajstić information content (AvgIpc) is 2.77. The van der Waals surface area contributed by atoms with Gasteiger partial charge in [0.1, 0.15) is 11.6 Å². The Labute approximate surface area is 207 Å². The number of benzene rings is 1. The van der Waals surface area contributed by atoms with Crippen LogP contribution in [-0.2, 0) is 22.4 Å². The van der Waals surface area contributed by atoms with Crippen molar-refractivity contribution in [2.24, 2.45) is 29.6 Å². The van der Waals surface area contributed by atoms with Gasteiger partial charge in [-0.3, -0.25) is 14.4 Å². The molecule has 0 aromatic heterocycles. The largest absolute Gasteiger partial charge is 0.300 e. The van der Waals surface area contributed by atoms with Crippen molar-refractivity contribution in [1.82, 2.24) is 0 Å². The Balaban J connectivity index is 1.72. The second-order valence-corrected chi connectivity index (χ2v) is 11.6. The molecule has 188 valence electrons. The Hall–Kier alpha value is -1.77. The summed E-state index contributed by atoms with van der Waals surface area (Å²) >= 11 is 0. The van der Waals surface area contributed by atoms with E-state index >= 15 is 0 Å². The first-order valence-corrected chi connectivity index (χ1v) is 13.9. The second-order valence-electron chi connectivity index (χ2n) is 11.6. The third kappa shape index (κ3) is 6.67. The fourth-order valence-corrected chi connectivity index (χ4v) is 6.83. The van der Waals surface area contributed by atoms with Gasteiger partial charge in [-0.05, 0) is 92.7 Å². The number of carbonyl (C=O) groups excluding carboxylic acids is 3. The van der Waals surface area contributed by atoms with Crippen molar-refractivity contribution < 1.29 is 14.4 Å². The van der Waals surface area contributed by atoms with Gasteiger partial charge in [-0.15, -0.1) is 0 Å². The highest BCUT2D eigenvalue weighted by atomic mass is 16.1. The molecule has 0 heterocycles. The summed E-state index contributed by atoms with van der Waals surface area (Å²) in [6.07, 6.45) is 11.7. The Kier molecular flexibility index (Phi) is 9.68. The van der Waals surface area contributed by atoms with Crippen LogP contribution >= 0.6 is 0 Å². The molecule has 1 fully saturated rings. The molecule has 3 nitrogen and oxygen atoms in total. The minimum absolute atomic E-state index is 0.0468. The lowest BCUT2D eigenvalue weighted by atomic mass is 9.71. The number of carbonyl (C=O) groups is 3. The maximum Gasteiger partial charge on any atom is 0.163 e. The predicted octanol–water partition coefficient (Wildman–Crippen LogP) is 7.49. The molecule has 3 heteroatoms. The summed E-state index contributed by atoms with van der Waals surface area (Å²) in [5, 5.41) is 0. The van der Waals surface area contributed by atoms with E-state index in [0.717, 1.165) is 55.9 Å². The molecule has 3 rings (SSSR count). The van der Waals surface area contributed by atoms with E-state index in [-0.39, 0.29) is 29.8 Å². The molecule has 2 aliphatic rings.